The second kappa shape index (κ2) is 6.80. The molecule has 0 aliphatic carbocycles. The Kier molecular flexibility index (Phi) is 4.52. The molecule has 7 heteroatoms. The molecule has 0 amide bonds. The number of anilines is 1. The fourth-order valence-electron chi connectivity index (χ4n) is 4.03. The van der Waals surface area contributed by atoms with Crippen molar-refractivity contribution in [1.82, 2.24) is 19.8 Å². The molecule has 2 aliphatic rings. The average Bonchev–Trinajstić information content (AvgIpc) is 2.62. The minimum atomic E-state index is -0.872. The highest BCUT2D eigenvalue weighted by atomic mass is 19.2. The molecule has 2 fully saturated rings. The van der Waals surface area contributed by atoms with Crippen LogP contribution in [0.5, 0.6) is 0 Å². The third kappa shape index (κ3) is 3.30. The molecule has 2 aliphatic heterocycles. The van der Waals surface area contributed by atoms with Gasteiger partial charge in [-0.05, 0) is 32.5 Å². The zero-order valence-corrected chi connectivity index (χ0v) is 14.5. The smallest absolute Gasteiger partial charge is 0.161 e. The van der Waals surface area contributed by atoms with E-state index in [0.717, 1.165) is 38.8 Å². The normalized spacial score (nSPS) is 23.3. The second-order valence-electron chi connectivity index (χ2n) is 7.06. The van der Waals surface area contributed by atoms with Crippen LogP contribution in [0.1, 0.15) is 12.8 Å². The first-order valence-electron chi connectivity index (χ1n) is 8.89. The average molecular weight is 347 g/mol. The van der Waals surface area contributed by atoms with Crippen LogP contribution in [0.2, 0.25) is 0 Å². The topological polar surface area (TPSA) is 35.5 Å². The number of hydrogen-bond donors (Lipinski definition) is 0. The molecule has 1 aromatic carbocycles. The molecular formula is C18H23F2N5. The molecule has 1 atom stereocenters. The van der Waals surface area contributed by atoms with Crippen LogP contribution < -0.4 is 4.90 Å². The summed E-state index contributed by atoms with van der Waals surface area (Å²) in [5.74, 6) is -1.03. The van der Waals surface area contributed by atoms with Crippen LogP contribution in [0.4, 0.5) is 14.6 Å². The summed E-state index contributed by atoms with van der Waals surface area (Å²) >= 11 is 0. The van der Waals surface area contributed by atoms with Crippen molar-refractivity contribution in [1.29, 1.82) is 0 Å². The highest BCUT2D eigenvalue weighted by Crippen LogP contribution is 2.27. The molecule has 3 heterocycles. The molecule has 0 saturated carbocycles. The maximum atomic E-state index is 13.7. The quantitative estimate of drug-likeness (QED) is 0.832. The van der Waals surface area contributed by atoms with E-state index < -0.39 is 11.6 Å². The fraction of sp³-hybridized carbons (Fsp3) is 0.556. The van der Waals surface area contributed by atoms with Gasteiger partial charge in [0.05, 0.1) is 5.52 Å². The van der Waals surface area contributed by atoms with Gasteiger partial charge in [0.15, 0.2) is 11.6 Å². The zero-order chi connectivity index (χ0) is 17.4. The number of nitrogens with zero attached hydrogens (tertiary/aromatic N) is 5. The van der Waals surface area contributed by atoms with E-state index in [4.69, 9.17) is 0 Å². The molecule has 0 spiro atoms. The van der Waals surface area contributed by atoms with E-state index in [1.54, 1.807) is 0 Å². The Morgan fingerprint density at radius 2 is 1.76 bits per heavy atom. The number of piperazine rings is 1. The lowest BCUT2D eigenvalue weighted by atomic mass is 10.0. The summed E-state index contributed by atoms with van der Waals surface area (Å²) in [4.78, 5) is 15.5. The Labute approximate surface area is 146 Å². The van der Waals surface area contributed by atoms with Gasteiger partial charge in [0.25, 0.3) is 0 Å². The maximum Gasteiger partial charge on any atom is 0.161 e. The minimum absolute atomic E-state index is 0.445. The van der Waals surface area contributed by atoms with Crippen LogP contribution in [0.25, 0.3) is 10.9 Å². The molecule has 1 aromatic heterocycles. The number of hydrogen-bond acceptors (Lipinski definition) is 5. The minimum Gasteiger partial charge on any atom is -0.353 e. The lowest BCUT2D eigenvalue weighted by Crippen LogP contribution is -2.54. The van der Waals surface area contributed by atoms with Gasteiger partial charge >= 0.3 is 0 Å². The van der Waals surface area contributed by atoms with Crippen LogP contribution in [0.15, 0.2) is 18.5 Å². The number of piperidine rings is 1. The van der Waals surface area contributed by atoms with Crippen molar-refractivity contribution in [2.45, 2.75) is 18.9 Å². The van der Waals surface area contributed by atoms with Gasteiger partial charge in [-0.1, -0.05) is 0 Å². The second-order valence-corrected chi connectivity index (χ2v) is 7.06. The van der Waals surface area contributed by atoms with Gasteiger partial charge in [0, 0.05) is 50.2 Å². The summed E-state index contributed by atoms with van der Waals surface area (Å²) in [6.45, 7) is 5.92. The van der Waals surface area contributed by atoms with Crippen molar-refractivity contribution >= 4 is 16.7 Å². The summed E-state index contributed by atoms with van der Waals surface area (Å²) < 4.78 is 27.1. The van der Waals surface area contributed by atoms with Crippen molar-refractivity contribution in [3.63, 3.8) is 0 Å². The predicted molar refractivity (Wildman–Crippen MR) is 93.8 cm³/mol. The lowest BCUT2D eigenvalue weighted by Gasteiger charge is -2.43. The standard InChI is InChI=1S/C18H23F2N5/c1-23-4-2-3-13(11-23)24-5-7-25(8-6-24)18-14-9-15(19)16(20)10-17(14)21-12-22-18/h9-10,12-13H,2-8,11H2,1H3. The third-order valence-electron chi connectivity index (χ3n) is 5.39. The molecule has 134 valence electrons. The van der Waals surface area contributed by atoms with Crippen molar-refractivity contribution in [3.8, 4) is 0 Å². The van der Waals surface area contributed by atoms with E-state index in [1.807, 2.05) is 0 Å². The van der Waals surface area contributed by atoms with Crippen molar-refractivity contribution in [3.05, 3.63) is 30.1 Å². The number of aromatic nitrogens is 2. The Bertz CT molecular complexity index is 760. The van der Waals surface area contributed by atoms with Gasteiger partial charge in [-0.3, -0.25) is 4.90 Å². The van der Waals surface area contributed by atoms with Crippen LogP contribution in [0, 0.1) is 11.6 Å². The largest absolute Gasteiger partial charge is 0.353 e. The third-order valence-corrected chi connectivity index (χ3v) is 5.39. The van der Waals surface area contributed by atoms with E-state index in [9.17, 15) is 8.78 Å². The maximum absolute atomic E-state index is 13.7. The van der Waals surface area contributed by atoms with Crippen molar-refractivity contribution in [2.75, 3.05) is 51.2 Å². The first-order chi connectivity index (χ1) is 12.1. The number of likely N-dealkylation sites (tertiary alicyclic amines) is 1. The molecule has 0 N–H and O–H groups in total. The molecule has 0 radical (unpaired) electrons. The predicted octanol–water partition coefficient (Wildman–Crippen LogP) is 2.12. The first kappa shape index (κ1) is 16.6. The van der Waals surface area contributed by atoms with E-state index in [1.165, 1.54) is 31.8 Å². The van der Waals surface area contributed by atoms with Gasteiger partial charge in [-0.15, -0.1) is 0 Å². The molecular weight excluding hydrogens is 324 g/mol. The summed E-state index contributed by atoms with van der Waals surface area (Å²) in [5, 5.41) is 0.576. The summed E-state index contributed by atoms with van der Waals surface area (Å²) in [7, 11) is 2.18. The number of benzene rings is 1. The van der Waals surface area contributed by atoms with E-state index in [0.29, 0.717) is 22.8 Å². The molecule has 5 nitrogen and oxygen atoms in total. The van der Waals surface area contributed by atoms with E-state index in [2.05, 4.69) is 31.7 Å². The molecule has 25 heavy (non-hydrogen) atoms. The Morgan fingerprint density at radius 1 is 1.00 bits per heavy atom. The summed E-state index contributed by atoms with van der Waals surface area (Å²) in [5.41, 5.74) is 0.445. The van der Waals surface area contributed by atoms with Gasteiger partial charge < -0.3 is 9.80 Å². The monoisotopic (exact) mass is 347 g/mol. The highest BCUT2D eigenvalue weighted by molar-refractivity contribution is 5.89. The number of halogens is 2. The van der Waals surface area contributed by atoms with Gasteiger partial charge in [-0.25, -0.2) is 18.7 Å². The fourth-order valence-corrected chi connectivity index (χ4v) is 4.03. The SMILES string of the molecule is CN1CCCC(N2CCN(c3ncnc4cc(F)c(F)cc34)CC2)C1. The van der Waals surface area contributed by atoms with Gasteiger partial charge in [0.1, 0.15) is 12.1 Å². The molecule has 4 rings (SSSR count). The van der Waals surface area contributed by atoms with E-state index in [-0.39, 0.29) is 0 Å². The first-order valence-corrected chi connectivity index (χ1v) is 8.89. The van der Waals surface area contributed by atoms with Crippen molar-refractivity contribution in [2.24, 2.45) is 0 Å². The Balaban J connectivity index is 1.51. The Morgan fingerprint density at radius 3 is 2.52 bits per heavy atom. The van der Waals surface area contributed by atoms with Crippen LogP contribution >= 0.6 is 0 Å². The van der Waals surface area contributed by atoms with Crippen LogP contribution in [-0.2, 0) is 0 Å². The Hall–Kier alpha value is -1.86. The molecule has 2 saturated heterocycles. The van der Waals surface area contributed by atoms with E-state index >= 15 is 0 Å². The van der Waals surface area contributed by atoms with Gasteiger partial charge in [0.2, 0.25) is 0 Å². The number of fused-ring (bicyclic) bond motifs is 1. The summed E-state index contributed by atoms with van der Waals surface area (Å²) in [6.07, 6.45) is 3.94. The number of likely N-dealkylation sites (N-methyl/N-ethyl adjacent to an activating group) is 1. The zero-order valence-electron chi connectivity index (χ0n) is 14.5. The molecule has 2 aromatic rings. The number of rotatable bonds is 2. The van der Waals surface area contributed by atoms with Crippen LogP contribution in [-0.4, -0.2) is 72.1 Å². The van der Waals surface area contributed by atoms with Gasteiger partial charge in [-0.2, -0.15) is 0 Å². The molecule has 0 bridgehead atoms. The molecule has 1 unspecified atom stereocenters. The van der Waals surface area contributed by atoms with Crippen LogP contribution in [0.3, 0.4) is 0 Å². The van der Waals surface area contributed by atoms with Crippen molar-refractivity contribution < 1.29 is 8.78 Å². The lowest BCUT2D eigenvalue weighted by molar-refractivity contribution is 0.106. The highest BCUT2D eigenvalue weighted by Gasteiger charge is 2.28. The summed E-state index contributed by atoms with van der Waals surface area (Å²) in [6, 6.07) is 2.97.